The molecule has 0 aliphatic carbocycles. The zero-order valence-electron chi connectivity index (χ0n) is 6.66. The van der Waals surface area contributed by atoms with Crippen molar-refractivity contribution in [1.29, 1.82) is 0 Å². The molecule has 0 radical (unpaired) electrons. The van der Waals surface area contributed by atoms with Gasteiger partial charge in [-0.1, -0.05) is 6.08 Å². The molecule has 0 aliphatic rings. The Morgan fingerprint density at radius 2 is 2.58 bits per heavy atom. The lowest BCUT2D eigenvalue weighted by molar-refractivity contribution is 0.0957. The van der Waals surface area contributed by atoms with Gasteiger partial charge in [-0.3, -0.25) is 9.78 Å². The standard InChI is InChI=1S/C9H10N2O/c1-2-5-11-9(12)8-4-3-6-10-7-8/h2-4,6-7H,1,5H2,(H,11,12). The van der Waals surface area contributed by atoms with Crippen molar-refractivity contribution in [3.05, 3.63) is 42.7 Å². The van der Waals surface area contributed by atoms with Crippen molar-refractivity contribution in [1.82, 2.24) is 10.3 Å². The molecule has 3 nitrogen and oxygen atoms in total. The zero-order chi connectivity index (χ0) is 8.81. The van der Waals surface area contributed by atoms with E-state index in [1.165, 1.54) is 6.20 Å². The van der Waals surface area contributed by atoms with Crippen LogP contribution in [0.4, 0.5) is 0 Å². The predicted octanol–water partition coefficient (Wildman–Crippen LogP) is 0.997. The first-order valence-electron chi connectivity index (χ1n) is 3.63. The fraction of sp³-hybridized carbons (Fsp3) is 0.111. The fourth-order valence-corrected chi connectivity index (χ4v) is 0.764. The normalized spacial score (nSPS) is 9.00. The molecule has 0 spiro atoms. The Kier molecular flexibility index (Phi) is 3.02. The van der Waals surface area contributed by atoms with Crippen LogP contribution in [0.25, 0.3) is 0 Å². The molecule has 1 amide bonds. The summed E-state index contributed by atoms with van der Waals surface area (Å²) in [5, 5.41) is 2.65. The van der Waals surface area contributed by atoms with Gasteiger partial charge >= 0.3 is 0 Å². The zero-order valence-corrected chi connectivity index (χ0v) is 6.66. The third-order valence-electron chi connectivity index (χ3n) is 1.33. The number of hydrogen-bond donors (Lipinski definition) is 1. The highest BCUT2D eigenvalue weighted by atomic mass is 16.1. The van der Waals surface area contributed by atoms with Gasteiger partial charge in [-0.05, 0) is 12.1 Å². The van der Waals surface area contributed by atoms with Crippen LogP contribution < -0.4 is 5.32 Å². The second-order valence-electron chi connectivity index (χ2n) is 2.24. The largest absolute Gasteiger partial charge is 0.349 e. The van der Waals surface area contributed by atoms with Gasteiger partial charge in [-0.2, -0.15) is 0 Å². The Bertz CT molecular complexity index is 269. The topological polar surface area (TPSA) is 42.0 Å². The van der Waals surface area contributed by atoms with Crippen LogP contribution in [0.3, 0.4) is 0 Å². The van der Waals surface area contributed by atoms with E-state index in [0.29, 0.717) is 12.1 Å². The SMILES string of the molecule is C=CCNC(=O)c1cccnc1. The highest BCUT2D eigenvalue weighted by molar-refractivity contribution is 5.93. The summed E-state index contributed by atoms with van der Waals surface area (Å²) in [4.78, 5) is 15.0. The summed E-state index contributed by atoms with van der Waals surface area (Å²) in [6.07, 6.45) is 4.79. The lowest BCUT2D eigenvalue weighted by atomic mass is 10.3. The number of carbonyl (C=O) groups excluding carboxylic acids is 1. The molecule has 0 fully saturated rings. The van der Waals surface area contributed by atoms with Gasteiger partial charge in [0.15, 0.2) is 0 Å². The van der Waals surface area contributed by atoms with Crippen molar-refractivity contribution in [3.8, 4) is 0 Å². The lowest BCUT2D eigenvalue weighted by Gasteiger charge is -1.99. The third-order valence-corrected chi connectivity index (χ3v) is 1.33. The van der Waals surface area contributed by atoms with Gasteiger partial charge in [0.2, 0.25) is 0 Å². The Morgan fingerprint density at radius 3 is 3.17 bits per heavy atom. The van der Waals surface area contributed by atoms with E-state index in [1.807, 2.05) is 0 Å². The summed E-state index contributed by atoms with van der Waals surface area (Å²) in [6, 6.07) is 3.44. The smallest absolute Gasteiger partial charge is 0.253 e. The summed E-state index contributed by atoms with van der Waals surface area (Å²) < 4.78 is 0. The van der Waals surface area contributed by atoms with E-state index in [9.17, 15) is 4.79 Å². The number of nitrogens with one attached hydrogen (secondary N) is 1. The molecule has 0 bridgehead atoms. The van der Waals surface area contributed by atoms with Crippen molar-refractivity contribution in [2.24, 2.45) is 0 Å². The summed E-state index contributed by atoms with van der Waals surface area (Å²) in [5.41, 5.74) is 0.569. The minimum absolute atomic E-state index is 0.122. The number of nitrogens with zero attached hydrogens (tertiary/aromatic N) is 1. The molecule has 0 atom stereocenters. The summed E-state index contributed by atoms with van der Waals surface area (Å²) in [5.74, 6) is -0.122. The van der Waals surface area contributed by atoms with Crippen LogP contribution in [0.15, 0.2) is 37.2 Å². The molecule has 0 saturated carbocycles. The molecule has 1 aromatic heterocycles. The van der Waals surface area contributed by atoms with Crippen molar-refractivity contribution in [2.75, 3.05) is 6.54 Å². The molecule has 1 rings (SSSR count). The lowest BCUT2D eigenvalue weighted by Crippen LogP contribution is -2.23. The molecule has 0 aliphatic heterocycles. The van der Waals surface area contributed by atoms with Crippen molar-refractivity contribution in [2.45, 2.75) is 0 Å². The number of carbonyl (C=O) groups is 1. The molecule has 1 N–H and O–H groups in total. The maximum absolute atomic E-state index is 11.2. The molecule has 1 aromatic rings. The Balaban J connectivity index is 2.59. The number of aromatic nitrogens is 1. The molecule has 0 unspecified atom stereocenters. The molecule has 1 heterocycles. The van der Waals surface area contributed by atoms with E-state index in [-0.39, 0.29) is 5.91 Å². The van der Waals surface area contributed by atoms with E-state index < -0.39 is 0 Å². The second kappa shape index (κ2) is 4.28. The van der Waals surface area contributed by atoms with Gasteiger partial charge in [0.1, 0.15) is 0 Å². The van der Waals surface area contributed by atoms with Gasteiger partial charge in [-0.15, -0.1) is 6.58 Å². The van der Waals surface area contributed by atoms with Crippen LogP contribution in [0.2, 0.25) is 0 Å². The molecular formula is C9H10N2O. The predicted molar refractivity (Wildman–Crippen MR) is 46.8 cm³/mol. The first kappa shape index (κ1) is 8.46. The first-order valence-corrected chi connectivity index (χ1v) is 3.63. The van der Waals surface area contributed by atoms with E-state index in [1.54, 1.807) is 24.4 Å². The van der Waals surface area contributed by atoms with Crippen LogP contribution in [0.5, 0.6) is 0 Å². The fourth-order valence-electron chi connectivity index (χ4n) is 0.764. The van der Waals surface area contributed by atoms with Crippen LogP contribution >= 0.6 is 0 Å². The molecule has 62 valence electrons. The Hall–Kier alpha value is -1.64. The molecule has 0 saturated heterocycles. The molecule has 3 heteroatoms. The quantitative estimate of drug-likeness (QED) is 0.673. The minimum Gasteiger partial charge on any atom is -0.349 e. The third kappa shape index (κ3) is 2.20. The van der Waals surface area contributed by atoms with Crippen molar-refractivity contribution in [3.63, 3.8) is 0 Å². The van der Waals surface area contributed by atoms with Gasteiger partial charge in [0, 0.05) is 18.9 Å². The van der Waals surface area contributed by atoms with Crippen LogP contribution in [-0.4, -0.2) is 17.4 Å². The average molecular weight is 162 g/mol. The highest BCUT2D eigenvalue weighted by Gasteiger charge is 2.01. The van der Waals surface area contributed by atoms with E-state index in [0.717, 1.165) is 0 Å². The van der Waals surface area contributed by atoms with Crippen LogP contribution in [-0.2, 0) is 0 Å². The number of rotatable bonds is 3. The van der Waals surface area contributed by atoms with Gasteiger partial charge in [0.25, 0.3) is 5.91 Å². The van der Waals surface area contributed by atoms with Crippen molar-refractivity contribution < 1.29 is 4.79 Å². The van der Waals surface area contributed by atoms with E-state index in [2.05, 4.69) is 16.9 Å². The van der Waals surface area contributed by atoms with E-state index >= 15 is 0 Å². The summed E-state index contributed by atoms with van der Waals surface area (Å²) >= 11 is 0. The number of pyridine rings is 1. The highest BCUT2D eigenvalue weighted by Crippen LogP contribution is 1.93. The average Bonchev–Trinajstić information content (AvgIpc) is 2.15. The Labute approximate surface area is 71.1 Å². The van der Waals surface area contributed by atoms with Gasteiger partial charge in [-0.25, -0.2) is 0 Å². The molecular weight excluding hydrogens is 152 g/mol. The summed E-state index contributed by atoms with van der Waals surface area (Å²) in [7, 11) is 0. The molecule has 12 heavy (non-hydrogen) atoms. The summed E-state index contributed by atoms with van der Waals surface area (Å²) in [6.45, 7) is 3.98. The first-order chi connectivity index (χ1) is 5.84. The van der Waals surface area contributed by atoms with Gasteiger partial charge < -0.3 is 5.32 Å². The molecule has 0 aromatic carbocycles. The van der Waals surface area contributed by atoms with Crippen LogP contribution in [0, 0.1) is 0 Å². The monoisotopic (exact) mass is 162 g/mol. The van der Waals surface area contributed by atoms with E-state index in [4.69, 9.17) is 0 Å². The number of hydrogen-bond acceptors (Lipinski definition) is 2. The van der Waals surface area contributed by atoms with Crippen molar-refractivity contribution >= 4 is 5.91 Å². The van der Waals surface area contributed by atoms with Crippen LogP contribution in [0.1, 0.15) is 10.4 Å². The Morgan fingerprint density at radius 1 is 1.75 bits per heavy atom. The maximum Gasteiger partial charge on any atom is 0.253 e. The van der Waals surface area contributed by atoms with Gasteiger partial charge in [0.05, 0.1) is 5.56 Å². The second-order valence-corrected chi connectivity index (χ2v) is 2.24. The minimum atomic E-state index is -0.122. The number of amides is 1. The maximum atomic E-state index is 11.2.